The highest BCUT2D eigenvalue weighted by Crippen LogP contribution is 2.13. The van der Waals surface area contributed by atoms with Gasteiger partial charge in [-0.25, -0.2) is 9.78 Å². The third-order valence-electron chi connectivity index (χ3n) is 2.95. The average Bonchev–Trinajstić information content (AvgIpc) is 2.50. The second kappa shape index (κ2) is 8.82. The quantitative estimate of drug-likeness (QED) is 0.498. The predicted octanol–water partition coefficient (Wildman–Crippen LogP) is 0.615. The number of hydrogen-bond donors (Lipinski definition) is 4. The molecular weight excluding hydrogens is 342 g/mol. The standard InChI is InChI=1S/C14H16ClN3O6/c1-7-4-8(17-10(19)5-15)6-16-12(7)13(22)18-9(14(23)24)2-3-11(20)21/h4,6,9H,2-3,5H2,1H3,(H,17,19)(H,18,22)(H,20,21)(H,23,24). The molecule has 0 fully saturated rings. The summed E-state index contributed by atoms with van der Waals surface area (Å²) in [6.45, 7) is 1.56. The van der Waals surface area contributed by atoms with Crippen molar-refractivity contribution < 1.29 is 29.4 Å². The van der Waals surface area contributed by atoms with Crippen LogP contribution in [0.4, 0.5) is 5.69 Å². The van der Waals surface area contributed by atoms with Gasteiger partial charge in [-0.2, -0.15) is 0 Å². The Hall–Kier alpha value is -2.68. The topological polar surface area (TPSA) is 146 Å². The number of nitrogens with zero attached hydrogens (tertiary/aromatic N) is 1. The van der Waals surface area contributed by atoms with Gasteiger partial charge in [-0.3, -0.25) is 14.4 Å². The first-order valence-electron chi connectivity index (χ1n) is 6.82. The monoisotopic (exact) mass is 357 g/mol. The molecule has 0 saturated carbocycles. The molecule has 10 heteroatoms. The number of anilines is 1. The van der Waals surface area contributed by atoms with E-state index >= 15 is 0 Å². The smallest absolute Gasteiger partial charge is 0.326 e. The Morgan fingerprint density at radius 3 is 2.46 bits per heavy atom. The number of aliphatic carboxylic acids is 2. The van der Waals surface area contributed by atoms with Gasteiger partial charge in [0.05, 0.1) is 11.9 Å². The first kappa shape index (κ1) is 19.4. The first-order valence-corrected chi connectivity index (χ1v) is 7.36. The number of amides is 2. The van der Waals surface area contributed by atoms with Crippen molar-refractivity contribution in [3.63, 3.8) is 0 Å². The zero-order valence-electron chi connectivity index (χ0n) is 12.7. The lowest BCUT2D eigenvalue weighted by molar-refractivity contribution is -0.140. The zero-order valence-corrected chi connectivity index (χ0v) is 13.5. The van der Waals surface area contributed by atoms with Gasteiger partial charge in [0.2, 0.25) is 5.91 Å². The van der Waals surface area contributed by atoms with Crippen LogP contribution in [0.3, 0.4) is 0 Å². The predicted molar refractivity (Wildman–Crippen MR) is 84.1 cm³/mol. The van der Waals surface area contributed by atoms with Crippen LogP contribution < -0.4 is 10.6 Å². The van der Waals surface area contributed by atoms with Crippen LogP contribution in [-0.2, 0) is 14.4 Å². The van der Waals surface area contributed by atoms with Gasteiger partial charge in [0.15, 0.2) is 0 Å². The summed E-state index contributed by atoms with van der Waals surface area (Å²) in [5.41, 5.74) is 0.720. The summed E-state index contributed by atoms with van der Waals surface area (Å²) in [6, 6.07) is 0.143. The number of halogens is 1. The minimum Gasteiger partial charge on any atom is -0.481 e. The summed E-state index contributed by atoms with van der Waals surface area (Å²) in [6.07, 6.45) is 0.589. The van der Waals surface area contributed by atoms with Gasteiger partial charge in [-0.05, 0) is 25.0 Å². The maximum Gasteiger partial charge on any atom is 0.326 e. The molecular formula is C14H16ClN3O6. The minimum atomic E-state index is -1.34. The van der Waals surface area contributed by atoms with E-state index in [-0.39, 0.29) is 18.0 Å². The van der Waals surface area contributed by atoms with Crippen LogP contribution in [0.5, 0.6) is 0 Å². The van der Waals surface area contributed by atoms with Crippen molar-refractivity contribution in [2.24, 2.45) is 0 Å². The van der Waals surface area contributed by atoms with E-state index in [1.54, 1.807) is 6.92 Å². The molecule has 1 rings (SSSR count). The van der Waals surface area contributed by atoms with E-state index in [0.717, 1.165) is 0 Å². The molecule has 1 unspecified atom stereocenters. The van der Waals surface area contributed by atoms with Crippen molar-refractivity contribution in [2.45, 2.75) is 25.8 Å². The lowest BCUT2D eigenvalue weighted by atomic mass is 10.1. The minimum absolute atomic E-state index is 0.0274. The number of alkyl halides is 1. The van der Waals surface area contributed by atoms with Crippen LogP contribution in [0.15, 0.2) is 12.3 Å². The van der Waals surface area contributed by atoms with E-state index < -0.39 is 36.2 Å². The fraction of sp³-hybridized carbons (Fsp3) is 0.357. The highest BCUT2D eigenvalue weighted by molar-refractivity contribution is 6.29. The second-order valence-corrected chi connectivity index (χ2v) is 5.14. The number of pyridine rings is 1. The normalized spacial score (nSPS) is 11.4. The van der Waals surface area contributed by atoms with Crippen LogP contribution in [0, 0.1) is 6.92 Å². The highest BCUT2D eigenvalue weighted by Gasteiger charge is 2.23. The maximum absolute atomic E-state index is 12.1. The lowest BCUT2D eigenvalue weighted by Gasteiger charge is -2.14. The molecule has 4 N–H and O–H groups in total. The second-order valence-electron chi connectivity index (χ2n) is 4.87. The number of nitrogens with one attached hydrogen (secondary N) is 2. The number of carbonyl (C=O) groups is 4. The van der Waals surface area contributed by atoms with E-state index in [1.165, 1.54) is 12.3 Å². The van der Waals surface area contributed by atoms with Gasteiger partial charge in [0.25, 0.3) is 5.91 Å². The molecule has 1 heterocycles. The third-order valence-corrected chi connectivity index (χ3v) is 3.19. The number of carbonyl (C=O) groups excluding carboxylic acids is 2. The molecule has 0 aromatic carbocycles. The maximum atomic E-state index is 12.1. The molecule has 0 aliphatic carbocycles. The fourth-order valence-electron chi connectivity index (χ4n) is 1.83. The van der Waals surface area contributed by atoms with Crippen LogP contribution in [0.2, 0.25) is 0 Å². The van der Waals surface area contributed by atoms with Crippen molar-refractivity contribution in [1.82, 2.24) is 10.3 Å². The molecule has 130 valence electrons. The molecule has 1 atom stereocenters. The Kier molecular flexibility index (Phi) is 7.12. The zero-order chi connectivity index (χ0) is 18.3. The molecule has 9 nitrogen and oxygen atoms in total. The van der Waals surface area contributed by atoms with Gasteiger partial charge in [-0.1, -0.05) is 0 Å². The Balaban J connectivity index is 2.84. The molecule has 0 aliphatic heterocycles. The van der Waals surface area contributed by atoms with E-state index in [1.807, 2.05) is 0 Å². The number of carboxylic acid groups (broad SMARTS) is 2. The molecule has 24 heavy (non-hydrogen) atoms. The molecule has 0 bridgehead atoms. The summed E-state index contributed by atoms with van der Waals surface area (Å²) >= 11 is 5.37. The Morgan fingerprint density at radius 2 is 1.96 bits per heavy atom. The van der Waals surface area contributed by atoms with Crippen LogP contribution in [-0.4, -0.2) is 50.9 Å². The number of hydrogen-bond acceptors (Lipinski definition) is 5. The lowest BCUT2D eigenvalue weighted by Crippen LogP contribution is -2.41. The third kappa shape index (κ3) is 5.84. The number of rotatable bonds is 8. The molecule has 0 saturated heterocycles. The fourth-order valence-corrected chi connectivity index (χ4v) is 1.89. The first-order chi connectivity index (χ1) is 11.2. The largest absolute Gasteiger partial charge is 0.481 e. The summed E-state index contributed by atoms with van der Waals surface area (Å²) in [5, 5.41) is 22.3. The van der Waals surface area contributed by atoms with E-state index in [0.29, 0.717) is 11.3 Å². The van der Waals surface area contributed by atoms with E-state index in [9.17, 15) is 19.2 Å². The summed E-state index contributed by atoms with van der Waals surface area (Å²) in [7, 11) is 0. The van der Waals surface area contributed by atoms with Gasteiger partial charge in [0.1, 0.15) is 17.6 Å². The van der Waals surface area contributed by atoms with Crippen molar-refractivity contribution >= 4 is 41.0 Å². The molecule has 1 aromatic heterocycles. The molecule has 0 aliphatic rings. The number of carboxylic acids is 2. The van der Waals surface area contributed by atoms with Gasteiger partial charge in [0, 0.05) is 6.42 Å². The molecule has 0 radical (unpaired) electrons. The summed E-state index contributed by atoms with van der Waals surface area (Å²) < 4.78 is 0. The van der Waals surface area contributed by atoms with Crippen molar-refractivity contribution in [3.05, 3.63) is 23.5 Å². The van der Waals surface area contributed by atoms with Crippen LogP contribution >= 0.6 is 11.6 Å². The number of aryl methyl sites for hydroxylation is 1. The molecule has 1 aromatic rings. The summed E-state index contributed by atoms with van der Waals surface area (Å²) in [4.78, 5) is 48.8. The van der Waals surface area contributed by atoms with E-state index in [4.69, 9.17) is 21.8 Å². The highest BCUT2D eigenvalue weighted by atomic mass is 35.5. The van der Waals surface area contributed by atoms with Crippen molar-refractivity contribution in [3.8, 4) is 0 Å². The van der Waals surface area contributed by atoms with Crippen molar-refractivity contribution in [1.29, 1.82) is 0 Å². The van der Waals surface area contributed by atoms with Gasteiger partial charge < -0.3 is 20.8 Å². The Labute approximate surface area is 142 Å². The molecule has 2 amide bonds. The van der Waals surface area contributed by atoms with Gasteiger partial charge in [-0.15, -0.1) is 11.6 Å². The Morgan fingerprint density at radius 1 is 1.29 bits per heavy atom. The van der Waals surface area contributed by atoms with Gasteiger partial charge >= 0.3 is 11.9 Å². The average molecular weight is 358 g/mol. The van der Waals surface area contributed by atoms with E-state index in [2.05, 4.69) is 15.6 Å². The molecule has 0 spiro atoms. The Bertz CT molecular complexity index is 664. The SMILES string of the molecule is Cc1cc(NC(=O)CCl)cnc1C(=O)NC(CCC(=O)O)C(=O)O. The summed E-state index contributed by atoms with van der Waals surface area (Å²) in [5.74, 6) is -3.92. The van der Waals surface area contributed by atoms with Crippen molar-refractivity contribution in [2.75, 3.05) is 11.2 Å². The van der Waals surface area contributed by atoms with Crippen LogP contribution in [0.1, 0.15) is 28.9 Å². The van der Waals surface area contributed by atoms with Crippen LogP contribution in [0.25, 0.3) is 0 Å². The number of aromatic nitrogens is 1.